The number of hydrogen-bond donors (Lipinski definition) is 1. The quantitative estimate of drug-likeness (QED) is 0.783. The van der Waals surface area contributed by atoms with Crippen LogP contribution in [-0.4, -0.2) is 28.9 Å². The smallest absolute Gasteiger partial charge is 0.263 e. The molecule has 1 unspecified atom stereocenters. The molecule has 2 aromatic rings. The summed E-state index contributed by atoms with van der Waals surface area (Å²) in [5.74, 6) is 0.562. The zero-order valence-electron chi connectivity index (χ0n) is 12.2. The molecule has 7 heteroatoms. The fraction of sp³-hybridized carbons (Fsp3) is 0.125. The summed E-state index contributed by atoms with van der Waals surface area (Å²) >= 11 is 18.0. The first-order valence-corrected chi connectivity index (χ1v) is 7.93. The molecule has 3 rings (SSSR count). The number of benzene rings is 2. The second-order valence-corrected chi connectivity index (χ2v) is 6.65. The molecule has 0 radical (unpaired) electrons. The van der Waals surface area contributed by atoms with E-state index in [0.717, 1.165) is 5.56 Å². The summed E-state index contributed by atoms with van der Waals surface area (Å²) in [5.41, 5.74) is 1.78. The molecule has 0 saturated carbocycles. The van der Waals surface area contributed by atoms with Gasteiger partial charge in [-0.15, -0.1) is 4.59 Å². The average molecular weight is 370 g/mol. The van der Waals surface area contributed by atoms with Crippen LogP contribution in [0.1, 0.15) is 11.1 Å². The lowest BCUT2D eigenvalue weighted by atomic mass is 10.1. The summed E-state index contributed by atoms with van der Waals surface area (Å²) in [5, 5.41) is 15.2. The van der Waals surface area contributed by atoms with Crippen molar-refractivity contribution in [3.63, 3.8) is 0 Å². The summed E-state index contributed by atoms with van der Waals surface area (Å²) in [6, 6.07) is 10.9. The van der Waals surface area contributed by atoms with Gasteiger partial charge in [0.05, 0.1) is 22.7 Å². The lowest BCUT2D eigenvalue weighted by Crippen LogP contribution is -2.42. The van der Waals surface area contributed by atoms with E-state index in [-0.39, 0.29) is 20.4 Å². The maximum Gasteiger partial charge on any atom is 0.263 e. The number of nitrogens with zero attached hydrogens (tertiary/aromatic N) is 3. The van der Waals surface area contributed by atoms with Gasteiger partial charge in [-0.3, -0.25) is 0 Å². The zero-order chi connectivity index (χ0) is 16.6. The van der Waals surface area contributed by atoms with Gasteiger partial charge in [-0.05, 0) is 24.3 Å². The van der Waals surface area contributed by atoms with Crippen molar-refractivity contribution in [1.82, 2.24) is 0 Å². The molecule has 1 N–H and O–H groups in total. The molecule has 4 nitrogen and oxygen atoms in total. The molecule has 1 aliphatic rings. The fourth-order valence-corrected chi connectivity index (χ4v) is 3.09. The van der Waals surface area contributed by atoms with Gasteiger partial charge in [0.25, 0.3) is 5.84 Å². The van der Waals surface area contributed by atoms with Crippen molar-refractivity contribution in [2.75, 3.05) is 7.05 Å². The van der Waals surface area contributed by atoms with Gasteiger partial charge in [-0.25, -0.2) is 0 Å². The van der Waals surface area contributed by atoms with Gasteiger partial charge in [-0.2, -0.15) is 4.99 Å². The van der Waals surface area contributed by atoms with Gasteiger partial charge < -0.3 is 5.11 Å². The lowest BCUT2D eigenvalue weighted by Gasteiger charge is -2.25. The zero-order valence-corrected chi connectivity index (χ0v) is 14.4. The van der Waals surface area contributed by atoms with E-state index >= 15 is 0 Å². The first-order valence-electron chi connectivity index (χ1n) is 6.80. The monoisotopic (exact) mass is 368 g/mol. The predicted octanol–water partition coefficient (Wildman–Crippen LogP) is 4.70. The molecule has 0 bridgehead atoms. The molecule has 0 spiro atoms. The summed E-state index contributed by atoms with van der Waals surface area (Å²) in [4.78, 5) is 4.36. The molecule has 0 fully saturated rings. The van der Waals surface area contributed by atoms with Crippen LogP contribution in [0.15, 0.2) is 46.5 Å². The Morgan fingerprint density at radius 3 is 2.26 bits per heavy atom. The molecule has 118 valence electrons. The second-order valence-electron chi connectivity index (χ2n) is 5.40. The van der Waals surface area contributed by atoms with E-state index in [1.54, 1.807) is 12.1 Å². The van der Waals surface area contributed by atoms with Gasteiger partial charge in [0.1, 0.15) is 6.54 Å². The standard InChI is InChI=1S/C16H12Cl3N3O/c1-22(8-10-2-4-12(17)5-3-10)16(20-9-21-22)11-6-13(18)15(23)14(19)7-11/h2-7,9H,8H2,1H3/p+1. The summed E-state index contributed by atoms with van der Waals surface area (Å²) in [7, 11) is 1.94. The van der Waals surface area contributed by atoms with Crippen LogP contribution in [0.2, 0.25) is 15.1 Å². The molecule has 0 amide bonds. The minimum atomic E-state index is -0.136. The number of quaternary nitrogens is 1. The highest BCUT2D eigenvalue weighted by Gasteiger charge is 2.35. The Bertz CT molecular complexity index is 795. The van der Waals surface area contributed by atoms with Crippen molar-refractivity contribution in [3.05, 3.63) is 62.6 Å². The largest absolute Gasteiger partial charge is 0.505 e. The average Bonchev–Trinajstić information content (AvgIpc) is 2.88. The highest BCUT2D eigenvalue weighted by atomic mass is 35.5. The van der Waals surface area contributed by atoms with Crippen LogP contribution in [-0.2, 0) is 6.54 Å². The summed E-state index contributed by atoms with van der Waals surface area (Å²) in [6.45, 7) is 0.600. The van der Waals surface area contributed by atoms with Crippen molar-refractivity contribution in [2.45, 2.75) is 6.54 Å². The maximum atomic E-state index is 9.71. The van der Waals surface area contributed by atoms with Gasteiger partial charge in [0.2, 0.25) is 0 Å². The number of aromatic hydroxyl groups is 1. The van der Waals surface area contributed by atoms with Crippen LogP contribution in [0.25, 0.3) is 0 Å². The van der Waals surface area contributed by atoms with E-state index < -0.39 is 0 Å². The van der Waals surface area contributed by atoms with Gasteiger partial charge in [0, 0.05) is 10.6 Å². The molecule has 1 atom stereocenters. The van der Waals surface area contributed by atoms with E-state index in [1.807, 2.05) is 31.3 Å². The van der Waals surface area contributed by atoms with Gasteiger partial charge >= 0.3 is 0 Å². The predicted molar refractivity (Wildman–Crippen MR) is 94.5 cm³/mol. The number of halogens is 3. The first kappa shape index (κ1) is 16.3. The Labute approximate surface area is 148 Å². The number of hydrogen-bond acceptors (Lipinski definition) is 3. The minimum Gasteiger partial charge on any atom is -0.505 e. The molecular formula is C16H13Cl3N3O+. The van der Waals surface area contributed by atoms with Crippen LogP contribution < -0.4 is 0 Å². The van der Waals surface area contributed by atoms with Gasteiger partial charge in [0.15, 0.2) is 12.1 Å². The number of amidine groups is 1. The van der Waals surface area contributed by atoms with Crippen LogP contribution >= 0.6 is 34.8 Å². The highest BCUT2D eigenvalue weighted by molar-refractivity contribution is 6.37. The number of phenolic OH excluding ortho intramolecular Hbond substituents is 1. The molecule has 2 aromatic carbocycles. The van der Waals surface area contributed by atoms with E-state index in [0.29, 0.717) is 23.0 Å². The normalized spacial score (nSPS) is 19.9. The Balaban J connectivity index is 1.95. The Hall–Kier alpha value is -1.59. The molecule has 1 heterocycles. The summed E-state index contributed by atoms with van der Waals surface area (Å²) < 4.78 is 0.221. The van der Waals surface area contributed by atoms with Crippen LogP contribution in [0, 0.1) is 0 Å². The SMILES string of the molecule is C[N+]1(Cc2ccc(Cl)cc2)N=CN=C1c1cc(Cl)c(O)c(Cl)c1. The first-order chi connectivity index (χ1) is 10.9. The van der Waals surface area contributed by atoms with E-state index in [9.17, 15) is 5.11 Å². The molecule has 0 aromatic heterocycles. The third-order valence-electron chi connectivity index (χ3n) is 3.62. The Kier molecular flexibility index (Phi) is 4.34. The molecular weight excluding hydrogens is 357 g/mol. The van der Waals surface area contributed by atoms with Crippen molar-refractivity contribution in [1.29, 1.82) is 0 Å². The molecule has 23 heavy (non-hydrogen) atoms. The van der Waals surface area contributed by atoms with E-state index in [4.69, 9.17) is 34.8 Å². The number of aliphatic imine (C=N–C) groups is 1. The van der Waals surface area contributed by atoms with Crippen molar-refractivity contribution in [3.8, 4) is 5.75 Å². The lowest BCUT2D eigenvalue weighted by molar-refractivity contribution is -0.838. The van der Waals surface area contributed by atoms with Crippen molar-refractivity contribution < 1.29 is 9.70 Å². The van der Waals surface area contributed by atoms with Crippen LogP contribution in [0.5, 0.6) is 5.75 Å². The molecule has 0 aliphatic carbocycles. The second kappa shape index (κ2) is 6.13. The fourth-order valence-electron chi connectivity index (χ4n) is 2.48. The molecule has 1 aliphatic heterocycles. The number of phenols is 1. The summed E-state index contributed by atoms with van der Waals surface area (Å²) in [6.07, 6.45) is 1.51. The third kappa shape index (κ3) is 3.21. The van der Waals surface area contributed by atoms with Crippen LogP contribution in [0.3, 0.4) is 0 Å². The molecule has 0 saturated heterocycles. The maximum absolute atomic E-state index is 9.71. The van der Waals surface area contributed by atoms with Crippen molar-refractivity contribution in [2.24, 2.45) is 10.1 Å². The Morgan fingerprint density at radius 1 is 1.04 bits per heavy atom. The topological polar surface area (TPSA) is 45.0 Å². The highest BCUT2D eigenvalue weighted by Crippen LogP contribution is 2.34. The van der Waals surface area contributed by atoms with Crippen LogP contribution in [0.4, 0.5) is 0 Å². The van der Waals surface area contributed by atoms with E-state index in [2.05, 4.69) is 10.1 Å². The third-order valence-corrected chi connectivity index (χ3v) is 4.45. The van der Waals surface area contributed by atoms with E-state index in [1.165, 1.54) is 6.34 Å². The Morgan fingerprint density at radius 2 is 1.65 bits per heavy atom. The minimum absolute atomic E-state index is 0.136. The number of rotatable bonds is 3. The van der Waals surface area contributed by atoms with Gasteiger partial charge in [-0.1, -0.05) is 52.0 Å². The van der Waals surface area contributed by atoms with Crippen molar-refractivity contribution >= 4 is 47.0 Å².